The Morgan fingerprint density at radius 1 is 1.33 bits per heavy atom. The van der Waals surface area contributed by atoms with Gasteiger partial charge in [0.1, 0.15) is 6.04 Å². The highest BCUT2D eigenvalue weighted by molar-refractivity contribution is 5.83. The molecule has 0 radical (unpaired) electrons. The molecule has 0 aliphatic carbocycles. The van der Waals surface area contributed by atoms with E-state index in [4.69, 9.17) is 9.47 Å². The summed E-state index contributed by atoms with van der Waals surface area (Å²) in [6, 6.07) is -1.13. The largest absolute Gasteiger partial charge is 0.480 e. The summed E-state index contributed by atoms with van der Waals surface area (Å²) < 4.78 is 10.1. The fourth-order valence-electron chi connectivity index (χ4n) is 2.66. The highest BCUT2D eigenvalue weighted by Crippen LogP contribution is 2.35. The molecule has 1 unspecified atom stereocenters. The van der Waals surface area contributed by atoms with E-state index < -0.39 is 17.4 Å². The number of rotatable bonds is 7. The summed E-state index contributed by atoms with van der Waals surface area (Å²) in [5.41, 5.74) is -0.420. The summed E-state index contributed by atoms with van der Waals surface area (Å²) in [6.07, 6.45) is 1.61. The zero-order valence-electron chi connectivity index (χ0n) is 13.1. The molecule has 7 heteroatoms. The molecular weight excluding hydrogens is 276 g/mol. The minimum absolute atomic E-state index is 0.342. The molecule has 1 rings (SSSR count). The monoisotopic (exact) mass is 302 g/mol. The normalized spacial score (nSPS) is 21.1. The number of carboxylic acids is 1. The molecule has 1 atom stereocenters. The van der Waals surface area contributed by atoms with E-state index in [2.05, 4.69) is 5.32 Å². The topological polar surface area (TPSA) is 88.1 Å². The van der Waals surface area contributed by atoms with Crippen LogP contribution in [0.3, 0.4) is 0 Å². The van der Waals surface area contributed by atoms with Crippen LogP contribution in [0.15, 0.2) is 0 Å². The lowest BCUT2D eigenvalue weighted by Crippen LogP contribution is -2.58. The van der Waals surface area contributed by atoms with Gasteiger partial charge in [0.05, 0.1) is 19.8 Å². The second kappa shape index (κ2) is 8.19. The molecule has 0 saturated carbocycles. The van der Waals surface area contributed by atoms with E-state index in [1.165, 1.54) is 4.90 Å². The van der Waals surface area contributed by atoms with Gasteiger partial charge in [-0.1, -0.05) is 13.8 Å². The van der Waals surface area contributed by atoms with Crippen molar-refractivity contribution in [2.75, 3.05) is 40.0 Å². The maximum Gasteiger partial charge on any atom is 0.327 e. The summed E-state index contributed by atoms with van der Waals surface area (Å²) in [6.45, 7) is 5.96. The Balaban J connectivity index is 2.46. The van der Waals surface area contributed by atoms with Gasteiger partial charge in [0, 0.05) is 20.2 Å². The SMILES string of the molecule is COCCOCCNC(=O)N1CCCC(C)(C)C1C(=O)O. The summed E-state index contributed by atoms with van der Waals surface area (Å²) in [7, 11) is 1.59. The molecule has 0 aromatic rings. The molecule has 1 aliphatic rings. The Hall–Kier alpha value is -1.34. The molecule has 7 nitrogen and oxygen atoms in total. The van der Waals surface area contributed by atoms with E-state index in [1.54, 1.807) is 7.11 Å². The van der Waals surface area contributed by atoms with E-state index in [0.717, 1.165) is 12.8 Å². The number of methoxy groups -OCH3 is 1. The lowest BCUT2D eigenvalue weighted by atomic mass is 9.76. The van der Waals surface area contributed by atoms with Gasteiger partial charge in [0.2, 0.25) is 0 Å². The zero-order valence-corrected chi connectivity index (χ0v) is 13.1. The highest BCUT2D eigenvalue weighted by atomic mass is 16.5. The predicted molar refractivity (Wildman–Crippen MR) is 77.2 cm³/mol. The average molecular weight is 302 g/mol. The van der Waals surface area contributed by atoms with Gasteiger partial charge in [0.15, 0.2) is 0 Å². The fourth-order valence-corrected chi connectivity index (χ4v) is 2.66. The van der Waals surface area contributed by atoms with Crippen LogP contribution in [-0.2, 0) is 14.3 Å². The molecule has 0 aromatic carbocycles. The number of carbonyl (C=O) groups excluding carboxylic acids is 1. The molecule has 2 amide bonds. The van der Waals surface area contributed by atoms with Gasteiger partial charge in [-0.25, -0.2) is 9.59 Å². The minimum Gasteiger partial charge on any atom is -0.480 e. The van der Waals surface area contributed by atoms with Gasteiger partial charge >= 0.3 is 12.0 Å². The molecule has 2 N–H and O–H groups in total. The number of nitrogens with one attached hydrogen (secondary N) is 1. The summed E-state index contributed by atoms with van der Waals surface area (Å²) >= 11 is 0. The van der Waals surface area contributed by atoms with Crippen molar-refractivity contribution < 1.29 is 24.2 Å². The van der Waals surface area contributed by atoms with Crippen molar-refractivity contribution >= 4 is 12.0 Å². The number of ether oxygens (including phenoxy) is 2. The molecule has 21 heavy (non-hydrogen) atoms. The molecule has 0 bridgehead atoms. The summed E-state index contributed by atoms with van der Waals surface area (Å²) in [5, 5.41) is 12.1. The minimum atomic E-state index is -0.953. The van der Waals surface area contributed by atoms with Crippen LogP contribution in [-0.4, -0.2) is 68.1 Å². The van der Waals surface area contributed by atoms with Crippen molar-refractivity contribution in [3.05, 3.63) is 0 Å². The molecule has 1 heterocycles. The second-order valence-corrected chi connectivity index (χ2v) is 5.86. The molecule has 1 aliphatic heterocycles. The number of carbonyl (C=O) groups is 2. The van der Waals surface area contributed by atoms with E-state index in [9.17, 15) is 14.7 Å². The second-order valence-electron chi connectivity index (χ2n) is 5.86. The van der Waals surface area contributed by atoms with Crippen molar-refractivity contribution in [3.8, 4) is 0 Å². The van der Waals surface area contributed by atoms with Gasteiger partial charge < -0.3 is 24.8 Å². The number of aliphatic carboxylic acids is 1. The van der Waals surface area contributed by atoms with Crippen molar-refractivity contribution in [1.29, 1.82) is 0 Å². The molecule has 0 spiro atoms. The van der Waals surface area contributed by atoms with Crippen LogP contribution in [0.5, 0.6) is 0 Å². The smallest absolute Gasteiger partial charge is 0.327 e. The first-order valence-corrected chi connectivity index (χ1v) is 7.24. The van der Waals surface area contributed by atoms with Crippen molar-refractivity contribution in [2.24, 2.45) is 5.41 Å². The number of piperidine rings is 1. The van der Waals surface area contributed by atoms with Crippen LogP contribution in [0.2, 0.25) is 0 Å². The molecule has 122 valence electrons. The van der Waals surface area contributed by atoms with Crippen molar-refractivity contribution in [2.45, 2.75) is 32.7 Å². The Morgan fingerprint density at radius 3 is 2.67 bits per heavy atom. The van der Waals surface area contributed by atoms with Gasteiger partial charge in [-0.3, -0.25) is 0 Å². The lowest BCUT2D eigenvalue weighted by Gasteiger charge is -2.43. The van der Waals surface area contributed by atoms with Gasteiger partial charge in [-0.05, 0) is 18.3 Å². The maximum absolute atomic E-state index is 12.2. The zero-order chi connectivity index (χ0) is 15.9. The predicted octanol–water partition coefficient (Wildman–Crippen LogP) is 0.934. The Morgan fingerprint density at radius 2 is 2.05 bits per heavy atom. The molecule has 0 aromatic heterocycles. The highest BCUT2D eigenvalue weighted by Gasteiger charge is 2.44. The van der Waals surface area contributed by atoms with Gasteiger partial charge in [-0.15, -0.1) is 0 Å². The third-order valence-corrected chi connectivity index (χ3v) is 3.72. The van der Waals surface area contributed by atoms with Gasteiger partial charge in [-0.2, -0.15) is 0 Å². The number of likely N-dealkylation sites (tertiary alicyclic amines) is 1. The third-order valence-electron chi connectivity index (χ3n) is 3.72. The number of amides is 2. The number of hydrogen-bond donors (Lipinski definition) is 2. The van der Waals surface area contributed by atoms with Crippen LogP contribution in [0.4, 0.5) is 4.79 Å². The quantitative estimate of drug-likeness (QED) is 0.683. The van der Waals surface area contributed by atoms with E-state index in [1.807, 2.05) is 13.8 Å². The molecule has 1 fully saturated rings. The number of nitrogens with zero attached hydrogens (tertiary/aromatic N) is 1. The number of urea groups is 1. The average Bonchev–Trinajstić information content (AvgIpc) is 2.40. The number of hydrogen-bond acceptors (Lipinski definition) is 4. The number of carboxylic acid groups (broad SMARTS) is 1. The van der Waals surface area contributed by atoms with Crippen LogP contribution >= 0.6 is 0 Å². The van der Waals surface area contributed by atoms with Crippen LogP contribution < -0.4 is 5.32 Å². The first kappa shape index (κ1) is 17.7. The van der Waals surface area contributed by atoms with Crippen LogP contribution in [0, 0.1) is 5.41 Å². The Kier molecular flexibility index (Phi) is 6.91. The van der Waals surface area contributed by atoms with Gasteiger partial charge in [0.25, 0.3) is 0 Å². The summed E-state index contributed by atoms with van der Waals surface area (Å²) in [5.74, 6) is -0.953. The van der Waals surface area contributed by atoms with Crippen molar-refractivity contribution in [1.82, 2.24) is 10.2 Å². The standard InChI is InChI=1S/C14H26N2O5/c1-14(2)5-4-7-16(11(14)12(17)18)13(19)15-6-8-21-10-9-20-3/h11H,4-10H2,1-3H3,(H,15,19)(H,17,18). The van der Waals surface area contributed by atoms with Crippen LogP contribution in [0.1, 0.15) is 26.7 Å². The Bertz CT molecular complexity index is 359. The summed E-state index contributed by atoms with van der Waals surface area (Å²) in [4.78, 5) is 25.1. The lowest BCUT2D eigenvalue weighted by molar-refractivity contribution is -0.148. The Labute approximate surface area is 125 Å². The van der Waals surface area contributed by atoms with Crippen molar-refractivity contribution in [3.63, 3.8) is 0 Å². The maximum atomic E-state index is 12.2. The fraction of sp³-hybridized carbons (Fsp3) is 0.857. The molecular formula is C14H26N2O5. The van der Waals surface area contributed by atoms with E-state index >= 15 is 0 Å². The van der Waals surface area contributed by atoms with E-state index in [-0.39, 0.29) is 6.03 Å². The first-order valence-electron chi connectivity index (χ1n) is 7.24. The first-order chi connectivity index (χ1) is 9.90. The third kappa shape index (κ3) is 5.17. The van der Waals surface area contributed by atoms with E-state index in [0.29, 0.717) is 32.9 Å². The molecule has 1 saturated heterocycles. The van der Waals surface area contributed by atoms with Crippen LogP contribution in [0.25, 0.3) is 0 Å².